The fourth-order valence-electron chi connectivity index (χ4n) is 1.27. The lowest BCUT2D eigenvalue weighted by molar-refractivity contribution is 0.284. The summed E-state index contributed by atoms with van der Waals surface area (Å²) >= 11 is 0. The highest BCUT2D eigenvalue weighted by atomic mass is 16.3. The zero-order valence-corrected chi connectivity index (χ0v) is 8.97. The summed E-state index contributed by atoms with van der Waals surface area (Å²) in [6.07, 6.45) is 3.91. The molecule has 0 aromatic carbocycles. The Labute approximate surface area is 81.7 Å². The molecule has 13 heavy (non-hydrogen) atoms. The van der Waals surface area contributed by atoms with Crippen molar-refractivity contribution in [1.82, 2.24) is 5.32 Å². The summed E-state index contributed by atoms with van der Waals surface area (Å²) in [6, 6.07) is 0. The van der Waals surface area contributed by atoms with Gasteiger partial charge in [-0.05, 0) is 38.8 Å². The largest absolute Gasteiger partial charge is 0.396 e. The van der Waals surface area contributed by atoms with E-state index in [1.807, 2.05) is 0 Å². The second-order valence-electron chi connectivity index (χ2n) is 3.65. The fourth-order valence-corrected chi connectivity index (χ4v) is 1.27. The lowest BCUT2D eigenvalue weighted by Gasteiger charge is -2.26. The van der Waals surface area contributed by atoms with Crippen LogP contribution in [0.5, 0.6) is 0 Å². The monoisotopic (exact) mass is 188 g/mol. The maximum Gasteiger partial charge on any atom is 0.0443 e. The van der Waals surface area contributed by atoms with E-state index in [1.54, 1.807) is 0 Å². The Morgan fingerprint density at radius 2 is 1.85 bits per heavy atom. The van der Waals surface area contributed by atoms with E-state index < -0.39 is 0 Å². The number of aliphatic hydroxyl groups is 1. The normalized spacial score (nSPS) is 12.0. The molecule has 0 atom stereocenters. The highest BCUT2D eigenvalue weighted by Crippen LogP contribution is 2.14. The number of nitrogens with two attached hydrogens (primary N) is 1. The molecular weight excluding hydrogens is 164 g/mol. The van der Waals surface area contributed by atoms with E-state index in [2.05, 4.69) is 19.2 Å². The van der Waals surface area contributed by atoms with Crippen LogP contribution >= 0.6 is 0 Å². The summed E-state index contributed by atoms with van der Waals surface area (Å²) in [6.45, 7) is 6.38. The third-order valence-electron chi connectivity index (χ3n) is 2.72. The van der Waals surface area contributed by atoms with Crippen LogP contribution in [0.2, 0.25) is 0 Å². The minimum atomic E-state index is 0.00617. The first-order valence-electron chi connectivity index (χ1n) is 5.29. The standard InChI is InChI=1S/C10H24N2O/c1-3-10(11,4-2)6-8-12-7-5-9-13/h12-13H,3-9,11H2,1-2H3. The molecule has 0 amide bonds. The molecule has 0 fully saturated rings. The second-order valence-corrected chi connectivity index (χ2v) is 3.65. The van der Waals surface area contributed by atoms with Crippen molar-refractivity contribution in [2.75, 3.05) is 19.7 Å². The smallest absolute Gasteiger partial charge is 0.0443 e. The Hall–Kier alpha value is -0.120. The van der Waals surface area contributed by atoms with Gasteiger partial charge in [-0.1, -0.05) is 13.8 Å². The lowest BCUT2D eigenvalue weighted by Crippen LogP contribution is -2.41. The van der Waals surface area contributed by atoms with Gasteiger partial charge in [0.1, 0.15) is 0 Å². The van der Waals surface area contributed by atoms with Gasteiger partial charge in [-0.15, -0.1) is 0 Å². The van der Waals surface area contributed by atoms with Crippen molar-refractivity contribution in [3.8, 4) is 0 Å². The SMILES string of the molecule is CCC(N)(CC)CCNCCCO. The van der Waals surface area contributed by atoms with Crippen molar-refractivity contribution in [3.63, 3.8) is 0 Å². The van der Waals surface area contributed by atoms with Gasteiger partial charge in [0.2, 0.25) is 0 Å². The van der Waals surface area contributed by atoms with Gasteiger partial charge in [-0.25, -0.2) is 0 Å². The second kappa shape index (κ2) is 7.30. The Morgan fingerprint density at radius 3 is 2.31 bits per heavy atom. The summed E-state index contributed by atoms with van der Waals surface area (Å²) in [5.41, 5.74) is 6.13. The van der Waals surface area contributed by atoms with E-state index in [0.717, 1.165) is 38.8 Å². The first kappa shape index (κ1) is 12.9. The molecule has 0 spiro atoms. The van der Waals surface area contributed by atoms with Crippen LogP contribution in [0.3, 0.4) is 0 Å². The third-order valence-corrected chi connectivity index (χ3v) is 2.72. The molecule has 3 nitrogen and oxygen atoms in total. The Bertz CT molecular complexity index is 113. The Morgan fingerprint density at radius 1 is 1.23 bits per heavy atom. The van der Waals surface area contributed by atoms with Gasteiger partial charge in [-0.3, -0.25) is 0 Å². The van der Waals surface area contributed by atoms with Crippen molar-refractivity contribution >= 4 is 0 Å². The summed E-state index contributed by atoms with van der Waals surface area (Å²) in [5.74, 6) is 0. The molecule has 0 bridgehead atoms. The molecule has 0 radical (unpaired) electrons. The van der Waals surface area contributed by atoms with Gasteiger partial charge in [0.25, 0.3) is 0 Å². The summed E-state index contributed by atoms with van der Waals surface area (Å²) < 4.78 is 0. The molecule has 3 heteroatoms. The summed E-state index contributed by atoms with van der Waals surface area (Å²) in [7, 11) is 0. The molecule has 0 saturated carbocycles. The molecule has 0 unspecified atom stereocenters. The molecule has 0 rings (SSSR count). The average molecular weight is 188 g/mol. The van der Waals surface area contributed by atoms with E-state index in [0.29, 0.717) is 0 Å². The summed E-state index contributed by atoms with van der Waals surface area (Å²) in [5, 5.41) is 11.8. The van der Waals surface area contributed by atoms with Crippen molar-refractivity contribution in [2.24, 2.45) is 5.73 Å². The maximum atomic E-state index is 8.55. The molecular formula is C10H24N2O. The van der Waals surface area contributed by atoms with E-state index in [9.17, 15) is 0 Å². The summed E-state index contributed by atoms with van der Waals surface area (Å²) in [4.78, 5) is 0. The molecule has 0 aromatic rings. The van der Waals surface area contributed by atoms with Crippen LogP contribution in [0.15, 0.2) is 0 Å². The molecule has 4 N–H and O–H groups in total. The van der Waals surface area contributed by atoms with Crippen LogP contribution in [-0.4, -0.2) is 30.3 Å². The predicted molar refractivity (Wildman–Crippen MR) is 56.7 cm³/mol. The van der Waals surface area contributed by atoms with E-state index in [1.165, 1.54) is 0 Å². The number of rotatable bonds is 8. The minimum Gasteiger partial charge on any atom is -0.396 e. The lowest BCUT2D eigenvalue weighted by atomic mass is 9.90. The zero-order valence-electron chi connectivity index (χ0n) is 8.97. The fraction of sp³-hybridized carbons (Fsp3) is 1.00. The topological polar surface area (TPSA) is 58.3 Å². The highest BCUT2D eigenvalue weighted by molar-refractivity contribution is 4.81. The van der Waals surface area contributed by atoms with E-state index in [4.69, 9.17) is 10.8 Å². The van der Waals surface area contributed by atoms with Crippen LogP contribution in [0, 0.1) is 0 Å². The van der Waals surface area contributed by atoms with Crippen molar-refractivity contribution in [2.45, 2.75) is 45.1 Å². The minimum absolute atomic E-state index is 0.00617. The van der Waals surface area contributed by atoms with Crippen LogP contribution in [-0.2, 0) is 0 Å². The molecule has 0 saturated heterocycles. The predicted octanol–water partition coefficient (Wildman–Crippen LogP) is 0.866. The third kappa shape index (κ3) is 6.02. The van der Waals surface area contributed by atoms with Crippen LogP contribution in [0.1, 0.15) is 39.5 Å². The van der Waals surface area contributed by atoms with Crippen LogP contribution in [0.25, 0.3) is 0 Å². The van der Waals surface area contributed by atoms with Crippen molar-refractivity contribution in [1.29, 1.82) is 0 Å². The van der Waals surface area contributed by atoms with Gasteiger partial charge in [0, 0.05) is 12.1 Å². The van der Waals surface area contributed by atoms with E-state index in [-0.39, 0.29) is 12.1 Å². The first-order valence-corrected chi connectivity index (χ1v) is 5.29. The molecule has 0 aliphatic heterocycles. The zero-order chi connectivity index (χ0) is 10.2. The van der Waals surface area contributed by atoms with Gasteiger partial charge >= 0.3 is 0 Å². The number of hydrogen-bond acceptors (Lipinski definition) is 3. The molecule has 80 valence electrons. The van der Waals surface area contributed by atoms with Gasteiger partial charge < -0.3 is 16.2 Å². The number of hydrogen-bond donors (Lipinski definition) is 3. The van der Waals surface area contributed by atoms with Crippen molar-refractivity contribution < 1.29 is 5.11 Å². The Kier molecular flexibility index (Phi) is 7.23. The quantitative estimate of drug-likeness (QED) is 0.495. The van der Waals surface area contributed by atoms with E-state index >= 15 is 0 Å². The molecule has 0 heterocycles. The van der Waals surface area contributed by atoms with Gasteiger partial charge in [0.15, 0.2) is 0 Å². The molecule has 0 aliphatic rings. The first-order chi connectivity index (χ1) is 6.18. The number of aliphatic hydroxyl groups excluding tert-OH is 1. The average Bonchev–Trinajstić information content (AvgIpc) is 2.17. The van der Waals surface area contributed by atoms with Crippen molar-refractivity contribution in [3.05, 3.63) is 0 Å². The van der Waals surface area contributed by atoms with Crippen LogP contribution < -0.4 is 11.1 Å². The highest BCUT2D eigenvalue weighted by Gasteiger charge is 2.18. The van der Waals surface area contributed by atoms with Gasteiger partial charge in [-0.2, -0.15) is 0 Å². The molecule has 0 aliphatic carbocycles. The number of nitrogens with one attached hydrogen (secondary N) is 1. The van der Waals surface area contributed by atoms with Crippen LogP contribution in [0.4, 0.5) is 0 Å². The maximum absolute atomic E-state index is 8.55. The molecule has 0 aromatic heterocycles. The van der Waals surface area contributed by atoms with Gasteiger partial charge in [0.05, 0.1) is 0 Å². The Balaban J connectivity index is 3.39.